The highest BCUT2D eigenvalue weighted by Gasteiger charge is 2.25. The molecule has 2 amide bonds. The van der Waals surface area contributed by atoms with E-state index in [1.54, 1.807) is 0 Å². The number of benzene rings is 1. The number of hydrogen-bond donors (Lipinski definition) is 4. The molecule has 1 aromatic carbocycles. The lowest BCUT2D eigenvalue weighted by atomic mass is 9.78. The molecule has 19 heavy (non-hydrogen) atoms. The van der Waals surface area contributed by atoms with Crippen LogP contribution < -0.4 is 10.6 Å². The third kappa shape index (κ3) is 3.23. The van der Waals surface area contributed by atoms with E-state index in [0.29, 0.717) is 12.5 Å². The summed E-state index contributed by atoms with van der Waals surface area (Å²) in [6.07, 6.45) is -0.635. The van der Waals surface area contributed by atoms with E-state index in [1.807, 2.05) is 18.2 Å². The minimum absolute atomic E-state index is 0.303. The van der Waals surface area contributed by atoms with Crippen molar-refractivity contribution in [2.75, 3.05) is 13.1 Å². The third-order valence-electron chi connectivity index (χ3n) is 3.21. The average molecular weight is 264 g/mol. The summed E-state index contributed by atoms with van der Waals surface area (Å²) in [4.78, 5) is 21.7. The summed E-state index contributed by atoms with van der Waals surface area (Å²) < 4.78 is 0. The first-order valence-corrected chi connectivity index (χ1v) is 6.08. The lowest BCUT2D eigenvalue weighted by molar-refractivity contribution is -0.146. The Morgan fingerprint density at radius 1 is 1.32 bits per heavy atom. The van der Waals surface area contributed by atoms with Crippen LogP contribution in [0.4, 0.5) is 4.79 Å². The van der Waals surface area contributed by atoms with Crippen LogP contribution in [0.3, 0.4) is 0 Å². The molecule has 6 nitrogen and oxygen atoms in total. The number of carbonyl (C=O) groups is 2. The summed E-state index contributed by atoms with van der Waals surface area (Å²) in [6, 6.07) is 7.59. The standard InChI is InChI=1S/C13H16N2O4/c16-11(12(17)18)7-15-13(19)14-6-9-5-8-3-1-2-4-10(8)9/h1-4,9,11,16H,5-7H2,(H,17,18)(H2,14,15,19)/t9?,11-/m0/s1. The van der Waals surface area contributed by atoms with E-state index in [4.69, 9.17) is 10.2 Å². The zero-order chi connectivity index (χ0) is 13.8. The second kappa shape index (κ2) is 5.71. The number of aliphatic hydroxyl groups is 1. The molecule has 1 aliphatic carbocycles. The number of fused-ring (bicyclic) bond motifs is 1. The topological polar surface area (TPSA) is 98.7 Å². The summed E-state index contributed by atoms with van der Waals surface area (Å²) in [5.41, 5.74) is 2.55. The quantitative estimate of drug-likeness (QED) is 0.605. The molecule has 4 N–H and O–H groups in total. The van der Waals surface area contributed by atoms with Crippen LogP contribution in [-0.4, -0.2) is 41.4 Å². The smallest absolute Gasteiger partial charge is 0.334 e. The maximum absolute atomic E-state index is 11.4. The lowest BCUT2D eigenvalue weighted by Crippen LogP contribution is -2.44. The number of aliphatic hydroxyl groups excluding tert-OH is 1. The van der Waals surface area contributed by atoms with Crippen molar-refractivity contribution < 1.29 is 19.8 Å². The Labute approximate surface area is 110 Å². The van der Waals surface area contributed by atoms with Crippen molar-refractivity contribution in [3.8, 4) is 0 Å². The number of carboxylic acids is 1. The summed E-state index contributed by atoms with van der Waals surface area (Å²) in [7, 11) is 0. The molecule has 0 saturated carbocycles. The van der Waals surface area contributed by atoms with Crippen LogP contribution in [-0.2, 0) is 11.2 Å². The molecule has 0 aliphatic heterocycles. The van der Waals surface area contributed by atoms with E-state index in [-0.39, 0.29) is 6.54 Å². The second-order valence-corrected chi connectivity index (χ2v) is 4.54. The Kier molecular flexibility index (Phi) is 4.01. The zero-order valence-corrected chi connectivity index (χ0v) is 10.3. The van der Waals surface area contributed by atoms with E-state index in [1.165, 1.54) is 11.1 Å². The first-order valence-electron chi connectivity index (χ1n) is 6.08. The number of nitrogens with one attached hydrogen (secondary N) is 2. The molecule has 1 aliphatic rings. The molecular formula is C13H16N2O4. The third-order valence-corrected chi connectivity index (χ3v) is 3.21. The van der Waals surface area contributed by atoms with Crippen molar-refractivity contribution in [3.63, 3.8) is 0 Å². The molecule has 0 saturated heterocycles. The van der Waals surface area contributed by atoms with Gasteiger partial charge in [-0.1, -0.05) is 24.3 Å². The molecular weight excluding hydrogens is 248 g/mol. The molecule has 1 unspecified atom stereocenters. The van der Waals surface area contributed by atoms with Crippen LogP contribution >= 0.6 is 0 Å². The predicted molar refractivity (Wildman–Crippen MR) is 67.9 cm³/mol. The van der Waals surface area contributed by atoms with E-state index < -0.39 is 18.1 Å². The van der Waals surface area contributed by atoms with Gasteiger partial charge >= 0.3 is 12.0 Å². The number of carbonyl (C=O) groups excluding carboxylic acids is 1. The SMILES string of the molecule is O=C(NCC1Cc2ccccc21)NC[C@H](O)C(=O)O. The van der Waals surface area contributed by atoms with Crippen molar-refractivity contribution in [3.05, 3.63) is 35.4 Å². The molecule has 0 radical (unpaired) electrons. The van der Waals surface area contributed by atoms with Crippen molar-refractivity contribution in [1.29, 1.82) is 0 Å². The Morgan fingerprint density at radius 3 is 2.74 bits per heavy atom. The summed E-state index contributed by atoms with van der Waals surface area (Å²) >= 11 is 0. The minimum Gasteiger partial charge on any atom is -0.479 e. The molecule has 0 fully saturated rings. The highest BCUT2D eigenvalue weighted by atomic mass is 16.4. The monoisotopic (exact) mass is 264 g/mol. The van der Waals surface area contributed by atoms with Gasteiger partial charge in [0, 0.05) is 12.5 Å². The van der Waals surface area contributed by atoms with Gasteiger partial charge in [0.05, 0.1) is 6.54 Å². The van der Waals surface area contributed by atoms with Crippen molar-refractivity contribution in [1.82, 2.24) is 10.6 Å². The molecule has 102 valence electrons. The van der Waals surface area contributed by atoms with Gasteiger partial charge < -0.3 is 20.8 Å². The number of rotatable bonds is 5. The maximum Gasteiger partial charge on any atom is 0.334 e. The molecule has 0 spiro atoms. The molecule has 0 aromatic heterocycles. The fraction of sp³-hybridized carbons (Fsp3) is 0.385. The summed E-state index contributed by atoms with van der Waals surface area (Å²) in [6.45, 7) is 0.203. The second-order valence-electron chi connectivity index (χ2n) is 4.54. The number of aliphatic carboxylic acids is 1. The first kappa shape index (κ1) is 13.4. The molecule has 0 heterocycles. The van der Waals surface area contributed by atoms with Gasteiger partial charge in [-0.15, -0.1) is 0 Å². The molecule has 2 rings (SSSR count). The Hall–Kier alpha value is -2.08. The maximum atomic E-state index is 11.4. The normalized spacial score (nSPS) is 17.8. The van der Waals surface area contributed by atoms with Gasteiger partial charge in [0.25, 0.3) is 0 Å². The van der Waals surface area contributed by atoms with Gasteiger partial charge in [-0.3, -0.25) is 0 Å². The van der Waals surface area contributed by atoms with E-state index in [0.717, 1.165) is 6.42 Å². The number of hydrogen-bond acceptors (Lipinski definition) is 3. The molecule has 6 heteroatoms. The van der Waals surface area contributed by atoms with E-state index >= 15 is 0 Å². The van der Waals surface area contributed by atoms with E-state index in [9.17, 15) is 9.59 Å². The molecule has 0 bridgehead atoms. The van der Waals surface area contributed by atoms with Crippen LogP contribution in [0.1, 0.15) is 17.0 Å². The van der Waals surface area contributed by atoms with Gasteiger partial charge in [0.1, 0.15) is 0 Å². The van der Waals surface area contributed by atoms with Gasteiger partial charge in [-0.2, -0.15) is 0 Å². The van der Waals surface area contributed by atoms with Crippen molar-refractivity contribution in [2.45, 2.75) is 18.4 Å². The summed E-state index contributed by atoms with van der Waals surface area (Å²) in [5, 5.41) is 22.4. The van der Waals surface area contributed by atoms with Gasteiger partial charge in [-0.25, -0.2) is 9.59 Å². The van der Waals surface area contributed by atoms with Gasteiger partial charge in [-0.05, 0) is 17.5 Å². The predicted octanol–water partition coefficient (Wildman–Crippen LogP) is 0.0710. The summed E-state index contributed by atoms with van der Waals surface area (Å²) in [5.74, 6) is -1.04. The molecule has 2 atom stereocenters. The van der Waals surface area contributed by atoms with Crippen LogP contribution in [0, 0.1) is 0 Å². The number of amides is 2. The van der Waals surface area contributed by atoms with Crippen LogP contribution in [0.2, 0.25) is 0 Å². The van der Waals surface area contributed by atoms with E-state index in [2.05, 4.69) is 16.7 Å². The van der Waals surface area contributed by atoms with Gasteiger partial charge in [0.2, 0.25) is 0 Å². The number of urea groups is 1. The molecule has 1 aromatic rings. The fourth-order valence-electron chi connectivity index (χ4n) is 2.10. The largest absolute Gasteiger partial charge is 0.479 e. The van der Waals surface area contributed by atoms with Crippen LogP contribution in [0.15, 0.2) is 24.3 Å². The highest BCUT2D eigenvalue weighted by molar-refractivity contribution is 5.76. The van der Waals surface area contributed by atoms with Crippen molar-refractivity contribution in [2.24, 2.45) is 0 Å². The van der Waals surface area contributed by atoms with Crippen molar-refractivity contribution >= 4 is 12.0 Å². The number of carboxylic acid groups (broad SMARTS) is 1. The highest BCUT2D eigenvalue weighted by Crippen LogP contribution is 2.33. The van der Waals surface area contributed by atoms with Crippen LogP contribution in [0.25, 0.3) is 0 Å². The fourth-order valence-corrected chi connectivity index (χ4v) is 2.10. The average Bonchev–Trinajstić information content (AvgIpc) is 2.36. The van der Waals surface area contributed by atoms with Gasteiger partial charge in [0.15, 0.2) is 6.10 Å². The Morgan fingerprint density at radius 2 is 2.05 bits per heavy atom. The Bertz CT molecular complexity index is 489. The first-order chi connectivity index (χ1) is 9.08. The lowest BCUT2D eigenvalue weighted by Gasteiger charge is -2.30. The minimum atomic E-state index is -1.57. The Balaban J connectivity index is 1.70. The zero-order valence-electron chi connectivity index (χ0n) is 10.3. The van der Waals surface area contributed by atoms with Crippen LogP contribution in [0.5, 0.6) is 0 Å².